The summed E-state index contributed by atoms with van der Waals surface area (Å²) >= 11 is 0. The molecule has 0 aliphatic carbocycles. The van der Waals surface area contributed by atoms with Crippen LogP contribution in [0.25, 0.3) is 32.9 Å². The molecule has 2 N–H and O–H groups in total. The quantitative estimate of drug-likeness (QED) is 0.569. The molecule has 4 aromatic rings. The van der Waals surface area contributed by atoms with E-state index in [1.807, 2.05) is 32.2 Å². The number of pyridine rings is 2. The van der Waals surface area contributed by atoms with E-state index in [1.54, 1.807) is 18.5 Å². The number of fused-ring (bicyclic) bond motifs is 3. The summed E-state index contributed by atoms with van der Waals surface area (Å²) in [6, 6.07) is 12.0. The monoisotopic (exact) mass is 360 g/mol. The fourth-order valence-electron chi connectivity index (χ4n) is 3.06. The maximum absolute atomic E-state index is 11.6. The molecule has 6 heteroatoms. The van der Waals surface area contributed by atoms with Crippen molar-refractivity contribution in [2.75, 3.05) is 6.61 Å². The van der Waals surface area contributed by atoms with Gasteiger partial charge in [0.1, 0.15) is 0 Å². The molecule has 136 valence electrons. The van der Waals surface area contributed by atoms with Crippen molar-refractivity contribution in [3.05, 3.63) is 55.0 Å². The minimum absolute atomic E-state index is 0.0421. The van der Waals surface area contributed by atoms with E-state index in [9.17, 15) is 4.79 Å². The first kappa shape index (κ1) is 17.0. The Balaban J connectivity index is 1.53. The third-order valence-electron chi connectivity index (χ3n) is 4.27. The highest BCUT2D eigenvalue weighted by Crippen LogP contribution is 2.29. The standard InChI is InChI=1S/C21H20N4O2/c1-13(2)24-20(26)12-27-21-6-4-15(10-23-21)14-3-5-16-17-11-22-8-7-18(17)25-19(16)9-14/h3-11,13,25H,12H2,1-2H3,(H,24,26). The van der Waals surface area contributed by atoms with E-state index in [0.29, 0.717) is 5.88 Å². The van der Waals surface area contributed by atoms with Gasteiger partial charge in [0.2, 0.25) is 5.88 Å². The predicted octanol–water partition coefficient (Wildman–Crippen LogP) is 3.68. The van der Waals surface area contributed by atoms with Crippen molar-refractivity contribution < 1.29 is 9.53 Å². The fraction of sp³-hybridized carbons (Fsp3) is 0.190. The lowest BCUT2D eigenvalue weighted by Gasteiger charge is -2.09. The summed E-state index contributed by atoms with van der Waals surface area (Å²) in [6.07, 6.45) is 5.40. The Morgan fingerprint density at radius 1 is 1.07 bits per heavy atom. The van der Waals surface area contributed by atoms with Gasteiger partial charge in [-0.25, -0.2) is 4.98 Å². The van der Waals surface area contributed by atoms with Crippen LogP contribution in [0.2, 0.25) is 0 Å². The summed E-state index contributed by atoms with van der Waals surface area (Å²) in [5.41, 5.74) is 4.16. The van der Waals surface area contributed by atoms with Crippen LogP contribution in [0, 0.1) is 0 Å². The van der Waals surface area contributed by atoms with Crippen LogP contribution in [-0.4, -0.2) is 33.5 Å². The minimum atomic E-state index is -0.158. The van der Waals surface area contributed by atoms with E-state index in [-0.39, 0.29) is 18.6 Å². The molecule has 3 aromatic heterocycles. The number of amides is 1. The number of nitrogens with one attached hydrogen (secondary N) is 2. The summed E-state index contributed by atoms with van der Waals surface area (Å²) in [5, 5.41) is 5.03. The number of carbonyl (C=O) groups excluding carboxylic acids is 1. The molecule has 0 unspecified atom stereocenters. The average molecular weight is 360 g/mol. The van der Waals surface area contributed by atoms with Crippen LogP contribution in [0.3, 0.4) is 0 Å². The Hall–Kier alpha value is -3.41. The number of aromatic nitrogens is 3. The first-order chi connectivity index (χ1) is 13.1. The highest BCUT2D eigenvalue weighted by molar-refractivity contribution is 6.07. The zero-order valence-corrected chi connectivity index (χ0v) is 15.2. The van der Waals surface area contributed by atoms with Crippen molar-refractivity contribution in [3.63, 3.8) is 0 Å². The van der Waals surface area contributed by atoms with Crippen molar-refractivity contribution in [1.82, 2.24) is 20.3 Å². The van der Waals surface area contributed by atoms with E-state index in [4.69, 9.17) is 4.74 Å². The van der Waals surface area contributed by atoms with Gasteiger partial charge in [-0.3, -0.25) is 9.78 Å². The number of aromatic amines is 1. The summed E-state index contributed by atoms with van der Waals surface area (Å²) in [4.78, 5) is 23.6. The molecule has 0 spiro atoms. The van der Waals surface area contributed by atoms with Gasteiger partial charge in [0, 0.05) is 58.1 Å². The van der Waals surface area contributed by atoms with E-state index < -0.39 is 0 Å². The maximum atomic E-state index is 11.6. The number of ether oxygens (including phenoxy) is 1. The Bertz CT molecular complexity index is 1100. The largest absolute Gasteiger partial charge is 0.468 e. The van der Waals surface area contributed by atoms with Crippen molar-refractivity contribution in [2.45, 2.75) is 19.9 Å². The highest BCUT2D eigenvalue weighted by atomic mass is 16.5. The molecule has 0 saturated heterocycles. The van der Waals surface area contributed by atoms with Crippen molar-refractivity contribution in [1.29, 1.82) is 0 Å². The zero-order valence-electron chi connectivity index (χ0n) is 15.2. The Kier molecular flexibility index (Phi) is 4.46. The molecular formula is C21H20N4O2. The van der Waals surface area contributed by atoms with Crippen molar-refractivity contribution in [2.24, 2.45) is 0 Å². The van der Waals surface area contributed by atoms with Crippen LogP contribution < -0.4 is 10.1 Å². The van der Waals surface area contributed by atoms with Crippen LogP contribution in [-0.2, 0) is 4.79 Å². The normalized spacial score (nSPS) is 11.2. The average Bonchev–Trinajstić information content (AvgIpc) is 3.04. The van der Waals surface area contributed by atoms with Gasteiger partial charge in [-0.15, -0.1) is 0 Å². The number of rotatable bonds is 5. The van der Waals surface area contributed by atoms with Crippen molar-refractivity contribution in [3.8, 4) is 17.0 Å². The molecule has 0 atom stereocenters. The smallest absolute Gasteiger partial charge is 0.258 e. The van der Waals surface area contributed by atoms with Gasteiger partial charge in [0.15, 0.2) is 6.61 Å². The van der Waals surface area contributed by atoms with Crippen LogP contribution >= 0.6 is 0 Å². The zero-order chi connectivity index (χ0) is 18.8. The number of nitrogens with zero attached hydrogens (tertiary/aromatic N) is 2. The lowest BCUT2D eigenvalue weighted by Crippen LogP contribution is -2.34. The number of H-pyrrole nitrogens is 1. The van der Waals surface area contributed by atoms with Crippen LogP contribution in [0.5, 0.6) is 5.88 Å². The Morgan fingerprint density at radius 2 is 1.93 bits per heavy atom. The topological polar surface area (TPSA) is 79.9 Å². The second-order valence-corrected chi connectivity index (χ2v) is 6.70. The Labute approximate surface area is 156 Å². The van der Waals surface area contributed by atoms with Gasteiger partial charge in [-0.1, -0.05) is 12.1 Å². The third kappa shape index (κ3) is 3.60. The van der Waals surface area contributed by atoms with Gasteiger partial charge in [-0.05, 0) is 37.6 Å². The molecule has 27 heavy (non-hydrogen) atoms. The maximum Gasteiger partial charge on any atom is 0.258 e. The fourth-order valence-corrected chi connectivity index (χ4v) is 3.06. The van der Waals surface area contributed by atoms with Gasteiger partial charge < -0.3 is 15.0 Å². The molecule has 0 bridgehead atoms. The molecule has 0 saturated carbocycles. The molecule has 0 aliphatic heterocycles. The van der Waals surface area contributed by atoms with Crippen LogP contribution in [0.1, 0.15) is 13.8 Å². The third-order valence-corrected chi connectivity index (χ3v) is 4.27. The number of hydrogen-bond donors (Lipinski definition) is 2. The van der Waals surface area contributed by atoms with E-state index in [1.165, 1.54) is 0 Å². The second kappa shape index (κ2) is 7.07. The summed E-state index contributed by atoms with van der Waals surface area (Å²) in [5.74, 6) is 0.269. The van der Waals surface area contributed by atoms with Gasteiger partial charge in [-0.2, -0.15) is 0 Å². The lowest BCUT2D eigenvalue weighted by atomic mass is 10.1. The molecule has 1 aromatic carbocycles. The van der Waals surface area contributed by atoms with Gasteiger partial charge in [0.05, 0.1) is 0 Å². The van der Waals surface area contributed by atoms with Crippen LogP contribution in [0.4, 0.5) is 0 Å². The SMILES string of the molecule is CC(C)NC(=O)COc1ccc(-c2ccc3c(c2)[nH]c2ccncc23)cn1. The summed E-state index contributed by atoms with van der Waals surface area (Å²) in [6.45, 7) is 3.77. The minimum Gasteiger partial charge on any atom is -0.468 e. The first-order valence-electron chi connectivity index (χ1n) is 8.84. The van der Waals surface area contributed by atoms with E-state index in [0.717, 1.165) is 32.9 Å². The molecular weight excluding hydrogens is 340 g/mol. The highest BCUT2D eigenvalue weighted by Gasteiger charge is 2.08. The molecule has 0 aliphatic rings. The van der Waals surface area contributed by atoms with E-state index in [2.05, 4.69) is 38.5 Å². The number of carbonyl (C=O) groups is 1. The number of hydrogen-bond acceptors (Lipinski definition) is 4. The molecule has 6 nitrogen and oxygen atoms in total. The Morgan fingerprint density at radius 3 is 2.70 bits per heavy atom. The first-order valence-corrected chi connectivity index (χ1v) is 8.84. The van der Waals surface area contributed by atoms with Crippen LogP contribution in [0.15, 0.2) is 55.0 Å². The molecule has 4 rings (SSSR count). The second-order valence-electron chi connectivity index (χ2n) is 6.70. The predicted molar refractivity (Wildman–Crippen MR) is 106 cm³/mol. The molecule has 1 amide bonds. The van der Waals surface area contributed by atoms with Gasteiger partial charge in [0.25, 0.3) is 5.91 Å². The lowest BCUT2D eigenvalue weighted by molar-refractivity contribution is -0.123. The summed E-state index contributed by atoms with van der Waals surface area (Å²) < 4.78 is 5.43. The molecule has 3 heterocycles. The van der Waals surface area contributed by atoms with Gasteiger partial charge >= 0.3 is 0 Å². The summed E-state index contributed by atoms with van der Waals surface area (Å²) in [7, 11) is 0. The molecule has 0 fully saturated rings. The molecule has 0 radical (unpaired) electrons. The van der Waals surface area contributed by atoms with E-state index >= 15 is 0 Å². The van der Waals surface area contributed by atoms with Crippen molar-refractivity contribution >= 4 is 27.7 Å². The number of benzene rings is 1.